The summed E-state index contributed by atoms with van der Waals surface area (Å²) in [6, 6.07) is 0. The van der Waals surface area contributed by atoms with E-state index in [-0.39, 0.29) is 0 Å². The van der Waals surface area contributed by atoms with Crippen LogP contribution in [0, 0.1) is 0 Å². The topological polar surface area (TPSA) is 78.1 Å². The van der Waals surface area contributed by atoms with Crippen LogP contribution in [0.1, 0.15) is 12.8 Å². The molecule has 6 N–H and O–H groups in total. The molecule has 0 aliphatic carbocycles. The highest BCUT2D eigenvalue weighted by atomic mass is 14.5. The predicted octanol–water partition coefficient (Wildman–Crippen LogP) is 0.597. The maximum absolute atomic E-state index is 5.39. The van der Waals surface area contributed by atoms with Crippen molar-refractivity contribution in [2.24, 2.45) is 17.2 Å². The van der Waals surface area contributed by atoms with Crippen LogP contribution >= 0.6 is 0 Å². The molecule has 0 amide bonds. The molecule has 0 heterocycles. The minimum Gasteiger partial charge on any atom is -0.405 e. The summed E-state index contributed by atoms with van der Waals surface area (Å²) in [5, 5.41) is 0. The fourth-order valence-electron chi connectivity index (χ4n) is 0.855. The van der Waals surface area contributed by atoms with Crippen LogP contribution in [0.5, 0.6) is 0 Å². The van der Waals surface area contributed by atoms with Crippen molar-refractivity contribution >= 4 is 0 Å². The van der Waals surface area contributed by atoms with Gasteiger partial charge in [0.1, 0.15) is 0 Å². The first-order chi connectivity index (χ1) is 5.85. The van der Waals surface area contributed by atoms with Gasteiger partial charge in [0.05, 0.1) is 0 Å². The van der Waals surface area contributed by atoms with Crippen LogP contribution in [0.25, 0.3) is 0 Å². The molecular formula is C9H17N3. The summed E-state index contributed by atoms with van der Waals surface area (Å²) in [5.41, 5.74) is 17.1. The lowest BCUT2D eigenvalue weighted by Gasteiger charge is -1.99. The van der Waals surface area contributed by atoms with E-state index in [1.807, 2.05) is 18.2 Å². The Morgan fingerprint density at radius 3 is 1.83 bits per heavy atom. The summed E-state index contributed by atoms with van der Waals surface area (Å²) < 4.78 is 0. The summed E-state index contributed by atoms with van der Waals surface area (Å²) in [4.78, 5) is 0. The lowest BCUT2D eigenvalue weighted by atomic mass is 10.1. The van der Waals surface area contributed by atoms with Gasteiger partial charge in [0, 0.05) is 6.54 Å². The zero-order valence-corrected chi connectivity index (χ0v) is 7.24. The predicted molar refractivity (Wildman–Crippen MR) is 53.0 cm³/mol. The van der Waals surface area contributed by atoms with Gasteiger partial charge in [-0.3, -0.25) is 0 Å². The summed E-state index contributed by atoms with van der Waals surface area (Å²) in [5.74, 6) is 0. The molecule has 0 radical (unpaired) electrons. The van der Waals surface area contributed by atoms with Crippen LogP contribution in [0.4, 0.5) is 0 Å². The fraction of sp³-hybridized carbons (Fsp3) is 0.333. The van der Waals surface area contributed by atoms with E-state index in [0.29, 0.717) is 6.54 Å². The van der Waals surface area contributed by atoms with E-state index in [0.717, 1.165) is 12.8 Å². The zero-order chi connectivity index (χ0) is 9.23. The van der Waals surface area contributed by atoms with Crippen LogP contribution in [-0.4, -0.2) is 6.54 Å². The van der Waals surface area contributed by atoms with E-state index in [4.69, 9.17) is 17.2 Å². The Labute approximate surface area is 73.6 Å². The number of hydrogen-bond donors (Lipinski definition) is 3. The Morgan fingerprint density at radius 2 is 1.50 bits per heavy atom. The summed E-state index contributed by atoms with van der Waals surface area (Å²) >= 11 is 0. The number of nitrogens with two attached hydrogens (primary N) is 3. The third kappa shape index (κ3) is 5.56. The second kappa shape index (κ2) is 7.88. The Hall–Kier alpha value is -1.22. The minimum absolute atomic E-state index is 0.562. The fourth-order valence-corrected chi connectivity index (χ4v) is 0.855. The standard InChI is InChI=1S/C9H17N3/c10-6-1-3-9(5-8-12)4-2-7-11/h1-2,5-7H,3-4,8,10-12H2. The van der Waals surface area contributed by atoms with Gasteiger partial charge in [0.2, 0.25) is 0 Å². The lowest BCUT2D eigenvalue weighted by molar-refractivity contribution is 1.06. The minimum atomic E-state index is 0.562. The second-order valence-corrected chi connectivity index (χ2v) is 2.36. The molecule has 0 spiro atoms. The Morgan fingerprint density at radius 1 is 1.00 bits per heavy atom. The Balaban J connectivity index is 3.95. The van der Waals surface area contributed by atoms with Crippen molar-refractivity contribution in [3.8, 4) is 0 Å². The van der Waals surface area contributed by atoms with Gasteiger partial charge >= 0.3 is 0 Å². The molecule has 0 aromatic rings. The van der Waals surface area contributed by atoms with Crippen LogP contribution in [0.15, 0.2) is 36.2 Å². The van der Waals surface area contributed by atoms with Crippen molar-refractivity contribution in [1.82, 2.24) is 0 Å². The monoisotopic (exact) mass is 167 g/mol. The molecule has 0 fully saturated rings. The molecule has 3 nitrogen and oxygen atoms in total. The first-order valence-corrected chi connectivity index (χ1v) is 3.96. The van der Waals surface area contributed by atoms with Crippen molar-refractivity contribution in [2.75, 3.05) is 6.54 Å². The number of rotatable bonds is 5. The number of hydrogen-bond acceptors (Lipinski definition) is 3. The van der Waals surface area contributed by atoms with Gasteiger partial charge in [-0.15, -0.1) is 0 Å². The van der Waals surface area contributed by atoms with Gasteiger partial charge in [-0.25, -0.2) is 0 Å². The van der Waals surface area contributed by atoms with Gasteiger partial charge in [-0.2, -0.15) is 0 Å². The highest BCUT2D eigenvalue weighted by Gasteiger charge is 1.90. The third-order valence-electron chi connectivity index (χ3n) is 1.44. The van der Waals surface area contributed by atoms with E-state index >= 15 is 0 Å². The molecule has 68 valence electrons. The van der Waals surface area contributed by atoms with Gasteiger partial charge in [0.15, 0.2) is 0 Å². The van der Waals surface area contributed by atoms with E-state index in [1.165, 1.54) is 18.0 Å². The van der Waals surface area contributed by atoms with E-state index in [1.54, 1.807) is 0 Å². The van der Waals surface area contributed by atoms with Crippen molar-refractivity contribution < 1.29 is 0 Å². The van der Waals surface area contributed by atoms with Crippen molar-refractivity contribution in [1.29, 1.82) is 0 Å². The molecule has 0 rings (SSSR count). The molecule has 0 aromatic carbocycles. The highest BCUT2D eigenvalue weighted by Crippen LogP contribution is 2.07. The van der Waals surface area contributed by atoms with Crippen molar-refractivity contribution in [2.45, 2.75) is 12.8 Å². The first kappa shape index (κ1) is 10.8. The van der Waals surface area contributed by atoms with Crippen LogP contribution in [0.2, 0.25) is 0 Å². The molecule has 0 aliphatic rings. The van der Waals surface area contributed by atoms with Crippen LogP contribution in [-0.2, 0) is 0 Å². The molecule has 12 heavy (non-hydrogen) atoms. The highest BCUT2D eigenvalue weighted by molar-refractivity contribution is 5.11. The van der Waals surface area contributed by atoms with Crippen molar-refractivity contribution in [3.05, 3.63) is 36.2 Å². The largest absolute Gasteiger partial charge is 0.405 e. The van der Waals surface area contributed by atoms with Crippen LogP contribution < -0.4 is 17.2 Å². The normalized spacial score (nSPS) is 11.1. The Kier molecular flexibility index (Phi) is 7.08. The van der Waals surface area contributed by atoms with Gasteiger partial charge in [-0.05, 0) is 25.2 Å². The quantitative estimate of drug-likeness (QED) is 0.524. The van der Waals surface area contributed by atoms with Crippen LogP contribution in [0.3, 0.4) is 0 Å². The molecular weight excluding hydrogens is 150 g/mol. The van der Waals surface area contributed by atoms with E-state index in [9.17, 15) is 0 Å². The van der Waals surface area contributed by atoms with Gasteiger partial charge in [-0.1, -0.05) is 23.8 Å². The first-order valence-electron chi connectivity index (χ1n) is 3.96. The van der Waals surface area contributed by atoms with E-state index in [2.05, 4.69) is 0 Å². The molecule has 0 aromatic heterocycles. The van der Waals surface area contributed by atoms with E-state index < -0.39 is 0 Å². The number of allylic oxidation sites excluding steroid dienone is 3. The molecule has 0 atom stereocenters. The Bertz CT molecular complexity index is 164. The summed E-state index contributed by atoms with van der Waals surface area (Å²) in [6.07, 6.45) is 10.5. The molecule has 0 saturated heterocycles. The maximum atomic E-state index is 5.39. The molecule has 0 aliphatic heterocycles. The molecule has 0 unspecified atom stereocenters. The average molecular weight is 167 g/mol. The van der Waals surface area contributed by atoms with Crippen molar-refractivity contribution in [3.63, 3.8) is 0 Å². The molecule has 0 bridgehead atoms. The third-order valence-corrected chi connectivity index (χ3v) is 1.44. The SMILES string of the molecule is NC=CCC(=CCN)CC=CN. The summed E-state index contributed by atoms with van der Waals surface area (Å²) in [6.45, 7) is 0.562. The molecule has 0 saturated carbocycles. The summed E-state index contributed by atoms with van der Waals surface area (Å²) in [7, 11) is 0. The maximum Gasteiger partial charge on any atom is 0.0109 e. The average Bonchev–Trinajstić information content (AvgIpc) is 2.10. The van der Waals surface area contributed by atoms with Gasteiger partial charge < -0.3 is 17.2 Å². The molecule has 3 heteroatoms. The second-order valence-electron chi connectivity index (χ2n) is 2.36. The lowest BCUT2D eigenvalue weighted by Crippen LogP contribution is -1.96. The smallest absolute Gasteiger partial charge is 0.0109 e. The zero-order valence-electron chi connectivity index (χ0n) is 7.24. The van der Waals surface area contributed by atoms with Gasteiger partial charge in [0.25, 0.3) is 0 Å².